The summed E-state index contributed by atoms with van der Waals surface area (Å²) < 4.78 is 5.56. The lowest BCUT2D eigenvalue weighted by molar-refractivity contribution is -0.121. The van der Waals surface area contributed by atoms with Gasteiger partial charge >= 0.3 is 0 Å². The summed E-state index contributed by atoms with van der Waals surface area (Å²) in [6.07, 6.45) is 6.62. The minimum atomic E-state index is 0.0416. The molecule has 1 aliphatic heterocycles. The lowest BCUT2D eigenvalue weighted by atomic mass is 9.69. The number of hydrogen-bond acceptors (Lipinski definition) is 4. The molecule has 34 heavy (non-hydrogen) atoms. The van der Waals surface area contributed by atoms with Gasteiger partial charge in [0.1, 0.15) is 5.75 Å². The molecule has 0 bridgehead atoms. The second-order valence-electron chi connectivity index (χ2n) is 9.92. The number of methoxy groups -OCH3 is 1. The number of ether oxygens (including phenoxy) is 1. The molecule has 1 N–H and O–H groups in total. The fraction of sp³-hybridized carbons (Fsp3) is 0.552. The second-order valence-corrected chi connectivity index (χ2v) is 9.92. The average Bonchev–Trinajstić information content (AvgIpc) is 2.91. The molecule has 0 unspecified atom stereocenters. The molecule has 0 spiro atoms. The smallest absolute Gasteiger partial charge is 0.221 e. The molecule has 4 rings (SSSR count). The minimum Gasteiger partial charge on any atom is -0.496 e. The SMILES string of the molecule is CCN1CCN(CCC(=O)NCC2(c3ccc(-c4ccccc4OC)cc3)CCCCC2)CC1. The highest BCUT2D eigenvalue weighted by Gasteiger charge is 2.34. The van der Waals surface area contributed by atoms with Gasteiger partial charge in [0.05, 0.1) is 7.11 Å². The summed E-state index contributed by atoms with van der Waals surface area (Å²) in [7, 11) is 1.72. The lowest BCUT2D eigenvalue weighted by Gasteiger charge is -2.38. The number of para-hydroxylation sites is 1. The Morgan fingerprint density at radius 1 is 0.941 bits per heavy atom. The van der Waals surface area contributed by atoms with Crippen LogP contribution in [0.25, 0.3) is 11.1 Å². The van der Waals surface area contributed by atoms with Crippen molar-refractivity contribution in [3.05, 3.63) is 54.1 Å². The van der Waals surface area contributed by atoms with Crippen LogP contribution in [0.4, 0.5) is 0 Å². The van der Waals surface area contributed by atoms with E-state index in [0.717, 1.165) is 70.0 Å². The number of amides is 1. The minimum absolute atomic E-state index is 0.0416. The quantitative estimate of drug-likeness (QED) is 0.585. The van der Waals surface area contributed by atoms with Gasteiger partial charge in [-0.1, -0.05) is 68.7 Å². The first kappa shape index (κ1) is 24.7. The Hall–Kier alpha value is -2.37. The maximum absolute atomic E-state index is 12.8. The van der Waals surface area contributed by atoms with E-state index in [-0.39, 0.29) is 11.3 Å². The normalized spacial score (nSPS) is 19.0. The predicted molar refractivity (Wildman–Crippen MR) is 139 cm³/mol. The van der Waals surface area contributed by atoms with Gasteiger partial charge in [0, 0.05) is 56.7 Å². The van der Waals surface area contributed by atoms with Crippen LogP contribution in [-0.4, -0.2) is 68.6 Å². The van der Waals surface area contributed by atoms with Gasteiger partial charge in [0.2, 0.25) is 5.91 Å². The summed E-state index contributed by atoms with van der Waals surface area (Å²) in [6, 6.07) is 17.1. The van der Waals surface area contributed by atoms with Gasteiger partial charge in [-0.05, 0) is 36.6 Å². The molecule has 0 atom stereocenters. The van der Waals surface area contributed by atoms with Crippen LogP contribution in [0.3, 0.4) is 0 Å². The van der Waals surface area contributed by atoms with E-state index in [0.29, 0.717) is 6.42 Å². The summed E-state index contributed by atoms with van der Waals surface area (Å²) >= 11 is 0. The Morgan fingerprint density at radius 2 is 1.62 bits per heavy atom. The van der Waals surface area contributed by atoms with Crippen LogP contribution < -0.4 is 10.1 Å². The molecule has 0 radical (unpaired) electrons. The van der Waals surface area contributed by atoms with Gasteiger partial charge in [0.15, 0.2) is 0 Å². The highest BCUT2D eigenvalue weighted by atomic mass is 16.5. The maximum Gasteiger partial charge on any atom is 0.221 e. The fourth-order valence-electron chi connectivity index (χ4n) is 5.63. The third kappa shape index (κ3) is 6.00. The van der Waals surface area contributed by atoms with Crippen LogP contribution in [0.5, 0.6) is 5.75 Å². The van der Waals surface area contributed by atoms with Crippen LogP contribution in [0.1, 0.15) is 51.0 Å². The monoisotopic (exact) mass is 463 g/mol. The first-order valence-corrected chi connectivity index (χ1v) is 13.1. The Kier molecular flexibility index (Phi) is 8.63. The highest BCUT2D eigenvalue weighted by molar-refractivity contribution is 5.76. The van der Waals surface area contributed by atoms with E-state index in [2.05, 4.69) is 52.4 Å². The zero-order valence-electron chi connectivity index (χ0n) is 21.0. The molecule has 0 aromatic heterocycles. The van der Waals surface area contributed by atoms with Crippen molar-refractivity contribution >= 4 is 5.91 Å². The standard InChI is InChI=1S/C29H41N3O2/c1-3-31-19-21-32(22-20-31)18-15-28(33)30-23-29(16-7-4-8-17-29)25-13-11-24(12-14-25)26-9-5-6-10-27(26)34-2/h5-6,9-14H,3-4,7-8,15-23H2,1-2H3,(H,30,33). The molecule has 5 nitrogen and oxygen atoms in total. The molecule has 2 aliphatic rings. The number of nitrogens with one attached hydrogen (secondary N) is 1. The van der Waals surface area contributed by atoms with Crippen molar-refractivity contribution in [3.63, 3.8) is 0 Å². The van der Waals surface area contributed by atoms with Crippen molar-refractivity contribution in [1.29, 1.82) is 0 Å². The zero-order chi connectivity index (χ0) is 23.8. The van der Waals surface area contributed by atoms with E-state index < -0.39 is 0 Å². The van der Waals surface area contributed by atoms with Crippen molar-refractivity contribution in [2.24, 2.45) is 0 Å². The summed E-state index contributed by atoms with van der Waals surface area (Å²) in [4.78, 5) is 17.7. The van der Waals surface area contributed by atoms with Crippen LogP contribution in [-0.2, 0) is 10.2 Å². The topological polar surface area (TPSA) is 44.8 Å². The number of carbonyl (C=O) groups is 1. The molecular formula is C29H41N3O2. The Balaban J connectivity index is 1.37. The van der Waals surface area contributed by atoms with Crippen LogP contribution in [0, 0.1) is 0 Å². The molecule has 184 valence electrons. The van der Waals surface area contributed by atoms with Crippen molar-refractivity contribution in [1.82, 2.24) is 15.1 Å². The third-order valence-electron chi connectivity index (χ3n) is 7.92. The molecule has 2 fully saturated rings. The maximum atomic E-state index is 12.8. The Bertz CT molecular complexity index is 913. The van der Waals surface area contributed by atoms with E-state index >= 15 is 0 Å². The van der Waals surface area contributed by atoms with Crippen molar-refractivity contribution in [2.75, 3.05) is 52.9 Å². The molecule has 2 aromatic rings. The molecule has 1 saturated heterocycles. The number of benzene rings is 2. The number of likely N-dealkylation sites (N-methyl/N-ethyl adjacent to an activating group) is 1. The Labute approximate surface area is 205 Å². The number of piperazine rings is 1. The summed E-state index contributed by atoms with van der Waals surface area (Å²) in [5, 5.41) is 3.32. The lowest BCUT2D eigenvalue weighted by Crippen LogP contribution is -2.47. The zero-order valence-corrected chi connectivity index (χ0v) is 21.0. The van der Waals surface area contributed by atoms with Gasteiger partial charge in [-0.15, -0.1) is 0 Å². The summed E-state index contributed by atoms with van der Waals surface area (Å²) in [5.74, 6) is 1.08. The van der Waals surface area contributed by atoms with E-state index in [4.69, 9.17) is 4.74 Å². The number of hydrogen-bond donors (Lipinski definition) is 1. The molecule has 1 heterocycles. The predicted octanol–water partition coefficient (Wildman–Crippen LogP) is 4.71. The average molecular weight is 464 g/mol. The summed E-state index contributed by atoms with van der Waals surface area (Å²) in [6.45, 7) is 9.32. The van der Waals surface area contributed by atoms with Gasteiger partial charge < -0.3 is 19.9 Å². The number of nitrogens with zero attached hydrogens (tertiary/aromatic N) is 2. The van der Waals surface area contributed by atoms with Crippen LogP contribution in [0.2, 0.25) is 0 Å². The molecule has 5 heteroatoms. The van der Waals surface area contributed by atoms with E-state index in [1.54, 1.807) is 7.11 Å². The van der Waals surface area contributed by atoms with Gasteiger partial charge in [0.25, 0.3) is 0 Å². The van der Waals surface area contributed by atoms with Crippen molar-refractivity contribution < 1.29 is 9.53 Å². The second kappa shape index (κ2) is 11.9. The molecule has 1 saturated carbocycles. The molecule has 1 amide bonds. The van der Waals surface area contributed by atoms with E-state index in [1.807, 2.05) is 18.2 Å². The third-order valence-corrected chi connectivity index (χ3v) is 7.92. The highest BCUT2D eigenvalue weighted by Crippen LogP contribution is 2.40. The van der Waals surface area contributed by atoms with E-state index in [9.17, 15) is 4.79 Å². The molecule has 1 aliphatic carbocycles. The molecule has 2 aromatic carbocycles. The summed E-state index contributed by atoms with van der Waals surface area (Å²) in [5.41, 5.74) is 3.67. The van der Waals surface area contributed by atoms with Gasteiger partial charge in [-0.3, -0.25) is 4.79 Å². The van der Waals surface area contributed by atoms with Gasteiger partial charge in [-0.2, -0.15) is 0 Å². The first-order valence-electron chi connectivity index (χ1n) is 13.1. The fourth-order valence-corrected chi connectivity index (χ4v) is 5.63. The van der Waals surface area contributed by atoms with Crippen molar-refractivity contribution in [3.8, 4) is 16.9 Å². The number of carbonyl (C=O) groups excluding carboxylic acids is 1. The first-order chi connectivity index (χ1) is 16.6. The van der Waals surface area contributed by atoms with E-state index in [1.165, 1.54) is 30.4 Å². The number of rotatable bonds is 9. The molecular weight excluding hydrogens is 422 g/mol. The Morgan fingerprint density at radius 3 is 2.29 bits per heavy atom. The van der Waals surface area contributed by atoms with Crippen LogP contribution >= 0.6 is 0 Å². The largest absolute Gasteiger partial charge is 0.496 e. The van der Waals surface area contributed by atoms with Crippen LogP contribution in [0.15, 0.2) is 48.5 Å². The van der Waals surface area contributed by atoms with Gasteiger partial charge in [-0.25, -0.2) is 0 Å². The van der Waals surface area contributed by atoms with Crippen molar-refractivity contribution in [2.45, 2.75) is 50.9 Å².